The van der Waals surface area contributed by atoms with Gasteiger partial charge in [0.1, 0.15) is 5.75 Å². The van der Waals surface area contributed by atoms with Gasteiger partial charge >= 0.3 is 0 Å². The highest BCUT2D eigenvalue weighted by Crippen LogP contribution is 2.31. The summed E-state index contributed by atoms with van der Waals surface area (Å²) in [4.78, 5) is 4.24. The molecule has 0 radical (unpaired) electrons. The van der Waals surface area contributed by atoms with Crippen LogP contribution in [0.15, 0.2) is 18.5 Å². The molecule has 1 aromatic heterocycles. The largest absolute Gasteiger partial charge is 0.492 e. The van der Waals surface area contributed by atoms with E-state index in [0.717, 1.165) is 22.3 Å². The lowest BCUT2D eigenvalue weighted by molar-refractivity contribution is 0.338. The summed E-state index contributed by atoms with van der Waals surface area (Å²) in [6, 6.07) is 2.16. The van der Waals surface area contributed by atoms with Crippen molar-refractivity contribution in [1.82, 2.24) is 10.4 Å². The Kier molecular flexibility index (Phi) is 6.63. The van der Waals surface area contributed by atoms with Crippen molar-refractivity contribution in [2.75, 3.05) is 12.4 Å². The Bertz CT molecular complexity index is 396. The fourth-order valence-electron chi connectivity index (χ4n) is 2.58. The Balaban J connectivity index is 1.91. The van der Waals surface area contributed by atoms with Gasteiger partial charge in [-0.15, -0.1) is 0 Å². The van der Waals surface area contributed by atoms with Gasteiger partial charge in [0, 0.05) is 17.2 Å². The molecule has 0 aliphatic heterocycles. The molecule has 0 spiro atoms. The van der Waals surface area contributed by atoms with Crippen LogP contribution < -0.4 is 16.0 Å². The van der Waals surface area contributed by atoms with Gasteiger partial charge in [0.2, 0.25) is 0 Å². The molecule has 0 saturated heterocycles. The molecular formula is C15H25N3OS. The molecule has 0 amide bonds. The van der Waals surface area contributed by atoms with Gasteiger partial charge in [-0.2, -0.15) is 11.8 Å². The highest BCUT2D eigenvalue weighted by Gasteiger charge is 2.17. The fourth-order valence-corrected chi connectivity index (χ4v) is 4.00. The molecule has 1 aliphatic carbocycles. The van der Waals surface area contributed by atoms with E-state index in [-0.39, 0.29) is 6.04 Å². The molecule has 1 saturated carbocycles. The van der Waals surface area contributed by atoms with Gasteiger partial charge < -0.3 is 4.74 Å². The van der Waals surface area contributed by atoms with E-state index in [1.807, 2.05) is 30.9 Å². The van der Waals surface area contributed by atoms with Crippen LogP contribution in [0, 0.1) is 0 Å². The van der Waals surface area contributed by atoms with Crippen molar-refractivity contribution in [3.63, 3.8) is 0 Å². The Morgan fingerprint density at radius 2 is 2.20 bits per heavy atom. The van der Waals surface area contributed by atoms with E-state index >= 15 is 0 Å². The molecule has 5 heteroatoms. The molecule has 1 unspecified atom stereocenters. The van der Waals surface area contributed by atoms with E-state index in [4.69, 9.17) is 10.6 Å². The van der Waals surface area contributed by atoms with Gasteiger partial charge in [0.05, 0.1) is 18.8 Å². The van der Waals surface area contributed by atoms with Gasteiger partial charge in [-0.3, -0.25) is 16.3 Å². The number of ether oxygens (including phenoxy) is 1. The summed E-state index contributed by atoms with van der Waals surface area (Å²) < 4.78 is 5.50. The van der Waals surface area contributed by atoms with E-state index in [2.05, 4.69) is 10.4 Å². The van der Waals surface area contributed by atoms with Crippen LogP contribution in [0.3, 0.4) is 0 Å². The second kappa shape index (κ2) is 8.49. The van der Waals surface area contributed by atoms with Crippen molar-refractivity contribution in [2.45, 2.75) is 50.3 Å². The van der Waals surface area contributed by atoms with Crippen LogP contribution in [-0.2, 0) is 0 Å². The second-order valence-electron chi connectivity index (χ2n) is 5.20. The van der Waals surface area contributed by atoms with Crippen LogP contribution in [0.1, 0.15) is 50.6 Å². The summed E-state index contributed by atoms with van der Waals surface area (Å²) in [5.41, 5.74) is 4.01. The van der Waals surface area contributed by atoms with E-state index < -0.39 is 0 Å². The fraction of sp³-hybridized carbons (Fsp3) is 0.667. The minimum atomic E-state index is 0.134. The third-order valence-corrected chi connectivity index (χ3v) is 5.17. The maximum atomic E-state index is 5.71. The van der Waals surface area contributed by atoms with Crippen molar-refractivity contribution in [1.29, 1.82) is 0 Å². The number of nitrogens with one attached hydrogen (secondary N) is 1. The number of hydrazine groups is 1. The molecule has 1 atom stereocenters. The third-order valence-electron chi connectivity index (χ3n) is 3.70. The first kappa shape index (κ1) is 15.6. The highest BCUT2D eigenvalue weighted by molar-refractivity contribution is 7.99. The van der Waals surface area contributed by atoms with Crippen molar-refractivity contribution >= 4 is 11.8 Å². The van der Waals surface area contributed by atoms with Gasteiger partial charge in [0.15, 0.2) is 0 Å². The number of aromatic nitrogens is 1. The standard InChI is InChI=1S/C15H25N3OS/c1-2-19-13-8-12(9-17-10-13)15(18-16)11-20-14-6-4-3-5-7-14/h8-10,14-15,18H,2-7,11,16H2,1H3. The summed E-state index contributed by atoms with van der Waals surface area (Å²) in [5.74, 6) is 7.51. The lowest BCUT2D eigenvalue weighted by Crippen LogP contribution is -2.30. The normalized spacial score (nSPS) is 17.9. The van der Waals surface area contributed by atoms with Crippen molar-refractivity contribution in [3.8, 4) is 5.75 Å². The minimum Gasteiger partial charge on any atom is -0.492 e. The van der Waals surface area contributed by atoms with E-state index in [9.17, 15) is 0 Å². The lowest BCUT2D eigenvalue weighted by Gasteiger charge is -2.24. The maximum Gasteiger partial charge on any atom is 0.137 e. The van der Waals surface area contributed by atoms with E-state index in [0.29, 0.717) is 6.61 Å². The molecule has 1 aliphatic rings. The maximum absolute atomic E-state index is 5.71. The molecule has 1 aromatic rings. The Morgan fingerprint density at radius 3 is 2.90 bits per heavy atom. The molecule has 1 fully saturated rings. The van der Waals surface area contributed by atoms with Gasteiger partial charge in [0.25, 0.3) is 0 Å². The van der Waals surface area contributed by atoms with E-state index in [1.54, 1.807) is 6.20 Å². The number of thioether (sulfide) groups is 1. The van der Waals surface area contributed by atoms with E-state index in [1.165, 1.54) is 32.1 Å². The van der Waals surface area contributed by atoms with Gasteiger partial charge in [-0.05, 0) is 31.4 Å². The third kappa shape index (κ3) is 4.65. The summed E-state index contributed by atoms with van der Waals surface area (Å²) in [5, 5.41) is 0.794. The molecule has 20 heavy (non-hydrogen) atoms. The number of hydrogen-bond acceptors (Lipinski definition) is 5. The second-order valence-corrected chi connectivity index (χ2v) is 6.53. The van der Waals surface area contributed by atoms with Gasteiger partial charge in [-0.1, -0.05) is 19.3 Å². The molecule has 1 heterocycles. The number of rotatable bonds is 7. The van der Waals surface area contributed by atoms with Crippen molar-refractivity contribution in [3.05, 3.63) is 24.0 Å². The molecule has 112 valence electrons. The van der Waals surface area contributed by atoms with Crippen molar-refractivity contribution in [2.24, 2.45) is 5.84 Å². The zero-order valence-electron chi connectivity index (χ0n) is 12.2. The first-order valence-corrected chi connectivity index (χ1v) is 8.53. The summed E-state index contributed by atoms with van der Waals surface area (Å²) in [6.07, 6.45) is 10.5. The zero-order chi connectivity index (χ0) is 14.2. The molecule has 0 aromatic carbocycles. The quantitative estimate of drug-likeness (QED) is 0.598. The van der Waals surface area contributed by atoms with Crippen LogP contribution in [-0.4, -0.2) is 22.6 Å². The predicted octanol–water partition coefficient (Wildman–Crippen LogP) is 3.05. The van der Waals surface area contributed by atoms with Crippen LogP contribution in [0.25, 0.3) is 0 Å². The smallest absolute Gasteiger partial charge is 0.137 e. The number of nitrogens with zero attached hydrogens (tertiary/aromatic N) is 1. The van der Waals surface area contributed by atoms with Gasteiger partial charge in [-0.25, -0.2) is 0 Å². The monoisotopic (exact) mass is 295 g/mol. The average molecular weight is 295 g/mol. The van der Waals surface area contributed by atoms with Crippen LogP contribution in [0.2, 0.25) is 0 Å². The Morgan fingerprint density at radius 1 is 1.40 bits per heavy atom. The topological polar surface area (TPSA) is 60.2 Å². The molecule has 0 bridgehead atoms. The highest BCUT2D eigenvalue weighted by atomic mass is 32.2. The first-order chi connectivity index (χ1) is 9.83. The molecule has 2 rings (SSSR count). The van der Waals surface area contributed by atoms with Crippen LogP contribution in [0.4, 0.5) is 0 Å². The SMILES string of the molecule is CCOc1cncc(C(CSC2CCCCC2)NN)c1. The van der Waals surface area contributed by atoms with Crippen LogP contribution in [0.5, 0.6) is 5.75 Å². The lowest BCUT2D eigenvalue weighted by atomic mass is 10.0. The van der Waals surface area contributed by atoms with Crippen LogP contribution >= 0.6 is 11.8 Å². The minimum absolute atomic E-state index is 0.134. The number of hydrogen-bond donors (Lipinski definition) is 2. The Hall–Kier alpha value is -0.780. The van der Waals surface area contributed by atoms with Crippen molar-refractivity contribution < 1.29 is 4.74 Å². The number of pyridine rings is 1. The Labute approximate surface area is 125 Å². The summed E-state index contributed by atoms with van der Waals surface area (Å²) in [7, 11) is 0. The average Bonchev–Trinajstić information content (AvgIpc) is 2.50. The molecule has 3 N–H and O–H groups in total. The number of nitrogens with two attached hydrogens (primary N) is 1. The molecule has 4 nitrogen and oxygen atoms in total. The zero-order valence-corrected chi connectivity index (χ0v) is 13.0. The molecular weight excluding hydrogens is 270 g/mol. The predicted molar refractivity (Wildman–Crippen MR) is 84.8 cm³/mol. The first-order valence-electron chi connectivity index (χ1n) is 7.49. The summed E-state index contributed by atoms with van der Waals surface area (Å²) >= 11 is 2.03. The summed E-state index contributed by atoms with van der Waals surface area (Å²) in [6.45, 7) is 2.63.